The van der Waals surface area contributed by atoms with Crippen LogP contribution in [0.5, 0.6) is 5.75 Å². The van der Waals surface area contributed by atoms with Crippen molar-refractivity contribution in [3.05, 3.63) is 42.1 Å². The predicted molar refractivity (Wildman–Crippen MR) is 86.3 cm³/mol. The number of hydrogen-bond acceptors (Lipinski definition) is 3. The third-order valence-electron chi connectivity index (χ3n) is 4.59. The number of likely N-dealkylation sites (tertiary alicyclic amines) is 1. The summed E-state index contributed by atoms with van der Waals surface area (Å²) in [5.41, 5.74) is 1.06. The minimum atomic E-state index is -0.0806. The highest BCUT2D eigenvalue weighted by Gasteiger charge is 2.32. The Balaban J connectivity index is 1.50. The van der Waals surface area contributed by atoms with E-state index in [1.165, 1.54) is 0 Å². The Morgan fingerprint density at radius 3 is 2.70 bits per heavy atom. The number of benzene rings is 1. The molecule has 6 heteroatoms. The Morgan fingerprint density at radius 2 is 1.96 bits per heavy atom. The standard InChI is InChI=1S/C17H20N4O2/c22-14-7-3-12(4-8-14)15-2-1-11-20(15)17(23)19-16-9-10-18-21(16)13-5-6-13/h3-4,7-10,13,15,22H,1-2,5-6,11H2,(H,19,23). The van der Waals surface area contributed by atoms with E-state index in [0.29, 0.717) is 6.04 Å². The first-order valence-electron chi connectivity index (χ1n) is 8.12. The molecule has 120 valence electrons. The zero-order valence-electron chi connectivity index (χ0n) is 12.9. The van der Waals surface area contributed by atoms with Gasteiger partial charge in [0.2, 0.25) is 0 Å². The van der Waals surface area contributed by atoms with Gasteiger partial charge in [0, 0.05) is 12.6 Å². The predicted octanol–water partition coefficient (Wildman–Crippen LogP) is 3.29. The van der Waals surface area contributed by atoms with Gasteiger partial charge in [0.1, 0.15) is 11.6 Å². The molecule has 2 fully saturated rings. The molecule has 4 rings (SSSR count). The van der Waals surface area contributed by atoms with E-state index in [0.717, 1.165) is 43.6 Å². The number of anilines is 1. The summed E-state index contributed by atoms with van der Waals surface area (Å²) in [6, 6.07) is 9.39. The monoisotopic (exact) mass is 312 g/mol. The topological polar surface area (TPSA) is 70.4 Å². The highest BCUT2D eigenvalue weighted by Crippen LogP contribution is 2.37. The number of amides is 2. The van der Waals surface area contributed by atoms with Gasteiger partial charge in [0.15, 0.2) is 0 Å². The number of carbonyl (C=O) groups excluding carboxylic acids is 1. The van der Waals surface area contributed by atoms with Gasteiger partial charge in [0.05, 0.1) is 18.3 Å². The van der Waals surface area contributed by atoms with Crippen LogP contribution in [0.1, 0.15) is 43.3 Å². The second kappa shape index (κ2) is 5.61. The van der Waals surface area contributed by atoms with Crippen LogP contribution >= 0.6 is 0 Å². The Labute approximate surface area is 134 Å². The second-order valence-electron chi connectivity index (χ2n) is 6.27. The zero-order valence-corrected chi connectivity index (χ0v) is 12.9. The van der Waals surface area contributed by atoms with Gasteiger partial charge in [-0.25, -0.2) is 9.48 Å². The van der Waals surface area contributed by atoms with Crippen LogP contribution in [0.4, 0.5) is 10.6 Å². The Morgan fingerprint density at radius 1 is 1.17 bits per heavy atom. The number of hydrogen-bond donors (Lipinski definition) is 2. The summed E-state index contributed by atoms with van der Waals surface area (Å²) in [5, 5.41) is 16.7. The molecule has 1 unspecified atom stereocenters. The lowest BCUT2D eigenvalue weighted by Gasteiger charge is -2.25. The Hall–Kier alpha value is -2.50. The van der Waals surface area contributed by atoms with Crippen molar-refractivity contribution >= 4 is 11.8 Å². The molecule has 2 aromatic rings. The number of aromatic nitrogens is 2. The van der Waals surface area contributed by atoms with Gasteiger partial charge in [-0.3, -0.25) is 5.32 Å². The van der Waals surface area contributed by atoms with E-state index >= 15 is 0 Å². The van der Waals surface area contributed by atoms with Crippen molar-refractivity contribution in [1.82, 2.24) is 14.7 Å². The van der Waals surface area contributed by atoms with Crippen LogP contribution < -0.4 is 5.32 Å². The molecule has 0 spiro atoms. The van der Waals surface area contributed by atoms with Crippen LogP contribution in [0.15, 0.2) is 36.5 Å². The molecule has 0 bridgehead atoms. The van der Waals surface area contributed by atoms with Crippen LogP contribution in [0.25, 0.3) is 0 Å². The van der Waals surface area contributed by atoms with Crippen molar-refractivity contribution < 1.29 is 9.90 Å². The maximum atomic E-state index is 12.7. The molecule has 0 radical (unpaired) electrons. The van der Waals surface area contributed by atoms with Crippen LogP contribution in [0.2, 0.25) is 0 Å². The molecule has 1 aromatic heterocycles. The van der Waals surface area contributed by atoms with Crippen molar-refractivity contribution in [2.75, 3.05) is 11.9 Å². The number of nitrogens with one attached hydrogen (secondary N) is 1. The first kappa shape index (κ1) is 14.1. The zero-order chi connectivity index (χ0) is 15.8. The van der Waals surface area contributed by atoms with Crippen molar-refractivity contribution in [1.29, 1.82) is 0 Å². The first-order chi connectivity index (χ1) is 11.2. The molecule has 23 heavy (non-hydrogen) atoms. The molecule has 1 aliphatic carbocycles. The maximum Gasteiger partial charge on any atom is 0.323 e. The van der Waals surface area contributed by atoms with Gasteiger partial charge in [0.25, 0.3) is 0 Å². The van der Waals surface area contributed by atoms with E-state index < -0.39 is 0 Å². The van der Waals surface area contributed by atoms with Crippen LogP contribution in [-0.4, -0.2) is 32.4 Å². The van der Waals surface area contributed by atoms with Gasteiger partial charge < -0.3 is 10.0 Å². The molecular weight excluding hydrogens is 292 g/mol. The van der Waals surface area contributed by atoms with Gasteiger partial charge >= 0.3 is 6.03 Å². The molecule has 2 aliphatic rings. The quantitative estimate of drug-likeness (QED) is 0.913. The lowest BCUT2D eigenvalue weighted by atomic mass is 10.0. The van der Waals surface area contributed by atoms with E-state index in [1.807, 2.05) is 27.8 Å². The van der Waals surface area contributed by atoms with Gasteiger partial charge in [-0.2, -0.15) is 5.10 Å². The summed E-state index contributed by atoms with van der Waals surface area (Å²) in [7, 11) is 0. The average molecular weight is 312 g/mol. The first-order valence-corrected chi connectivity index (χ1v) is 8.12. The van der Waals surface area contributed by atoms with Crippen LogP contribution in [-0.2, 0) is 0 Å². The SMILES string of the molecule is O=C(Nc1ccnn1C1CC1)N1CCCC1c1ccc(O)cc1. The van der Waals surface area contributed by atoms with E-state index in [9.17, 15) is 9.90 Å². The number of nitrogens with zero attached hydrogens (tertiary/aromatic N) is 3. The van der Waals surface area contributed by atoms with Crippen LogP contribution in [0.3, 0.4) is 0 Å². The molecule has 1 saturated heterocycles. The summed E-state index contributed by atoms with van der Waals surface area (Å²) in [4.78, 5) is 14.6. The maximum absolute atomic E-state index is 12.7. The minimum absolute atomic E-state index is 0.0629. The van der Waals surface area contributed by atoms with Gasteiger partial charge in [-0.1, -0.05) is 12.1 Å². The minimum Gasteiger partial charge on any atom is -0.508 e. The van der Waals surface area contributed by atoms with Crippen LogP contribution in [0, 0.1) is 0 Å². The van der Waals surface area contributed by atoms with Crippen molar-refractivity contribution in [2.45, 2.75) is 37.8 Å². The van der Waals surface area contributed by atoms with Gasteiger partial charge in [-0.15, -0.1) is 0 Å². The molecule has 1 atom stereocenters. The molecule has 2 amide bonds. The lowest BCUT2D eigenvalue weighted by Crippen LogP contribution is -2.35. The highest BCUT2D eigenvalue weighted by molar-refractivity contribution is 5.89. The number of rotatable bonds is 3. The molecule has 1 saturated carbocycles. The summed E-state index contributed by atoms with van der Waals surface area (Å²) in [6.07, 6.45) is 5.92. The van der Waals surface area contributed by atoms with E-state index in [-0.39, 0.29) is 17.8 Å². The molecule has 1 aromatic carbocycles. The third kappa shape index (κ3) is 2.76. The fraction of sp³-hybridized carbons (Fsp3) is 0.412. The smallest absolute Gasteiger partial charge is 0.323 e. The summed E-state index contributed by atoms with van der Waals surface area (Å²) in [5.74, 6) is 1.02. The normalized spacial score (nSPS) is 20.7. The summed E-state index contributed by atoms with van der Waals surface area (Å²) < 4.78 is 1.91. The number of aromatic hydroxyl groups is 1. The van der Waals surface area contributed by atoms with E-state index in [2.05, 4.69) is 10.4 Å². The Bertz CT molecular complexity index is 706. The highest BCUT2D eigenvalue weighted by atomic mass is 16.3. The summed E-state index contributed by atoms with van der Waals surface area (Å²) in [6.45, 7) is 0.745. The number of phenolic OH excluding ortho intramolecular Hbond substituents is 1. The second-order valence-corrected chi connectivity index (χ2v) is 6.27. The van der Waals surface area contributed by atoms with Crippen molar-refractivity contribution in [3.8, 4) is 5.75 Å². The largest absolute Gasteiger partial charge is 0.508 e. The number of carbonyl (C=O) groups is 1. The number of urea groups is 1. The van der Waals surface area contributed by atoms with Gasteiger partial charge in [-0.05, 0) is 43.4 Å². The fourth-order valence-corrected chi connectivity index (χ4v) is 3.26. The molecular formula is C17H20N4O2. The molecule has 2 N–H and O–H groups in total. The summed E-state index contributed by atoms with van der Waals surface area (Å²) >= 11 is 0. The van der Waals surface area contributed by atoms with Crippen molar-refractivity contribution in [2.24, 2.45) is 0 Å². The average Bonchev–Trinajstić information content (AvgIpc) is 3.09. The van der Waals surface area contributed by atoms with E-state index in [4.69, 9.17) is 0 Å². The molecule has 6 nitrogen and oxygen atoms in total. The molecule has 1 aliphatic heterocycles. The lowest BCUT2D eigenvalue weighted by molar-refractivity contribution is 0.207. The fourth-order valence-electron chi connectivity index (χ4n) is 3.26. The third-order valence-corrected chi connectivity index (χ3v) is 4.59. The molecule has 2 heterocycles. The Kier molecular flexibility index (Phi) is 3.44. The van der Waals surface area contributed by atoms with Crippen molar-refractivity contribution in [3.63, 3.8) is 0 Å². The number of phenols is 1. The van der Waals surface area contributed by atoms with E-state index in [1.54, 1.807) is 18.3 Å².